The SMILES string of the molecule is CCCCCC/C=C\CCCCCCCCCC(=O)O[C@H]1CC[C@@]2(C)C(=CC[C@@H]3[C@@H]2CC[C@]2(C)C([C@H](C)CCCC(C)C)CC[C@@H]32)C1. The van der Waals surface area contributed by atoms with Gasteiger partial charge < -0.3 is 4.74 Å². The van der Waals surface area contributed by atoms with E-state index in [0.717, 1.165) is 54.8 Å². The molecule has 3 fully saturated rings. The maximum atomic E-state index is 12.8. The summed E-state index contributed by atoms with van der Waals surface area (Å²) in [7, 11) is 0. The predicted molar refractivity (Wildman–Crippen MR) is 202 cm³/mol. The van der Waals surface area contributed by atoms with Crippen LogP contribution in [0.5, 0.6) is 0 Å². The number of ether oxygens (including phenoxy) is 1. The van der Waals surface area contributed by atoms with Crippen LogP contribution >= 0.6 is 0 Å². The Kier molecular flexibility index (Phi) is 16.0. The zero-order chi connectivity index (χ0) is 33.7. The number of carbonyl (C=O) groups is 1. The van der Waals surface area contributed by atoms with Crippen LogP contribution in [0.15, 0.2) is 23.8 Å². The molecule has 2 heteroatoms. The molecule has 0 N–H and O–H groups in total. The molecule has 0 aromatic heterocycles. The van der Waals surface area contributed by atoms with E-state index < -0.39 is 0 Å². The van der Waals surface area contributed by atoms with Gasteiger partial charge in [0.15, 0.2) is 0 Å². The second-order valence-corrected chi connectivity index (χ2v) is 18.0. The van der Waals surface area contributed by atoms with Gasteiger partial charge in [0.1, 0.15) is 6.10 Å². The van der Waals surface area contributed by atoms with Gasteiger partial charge in [-0.3, -0.25) is 4.79 Å². The highest BCUT2D eigenvalue weighted by Crippen LogP contribution is 2.67. The molecule has 0 spiro atoms. The molecule has 0 amide bonds. The molecular weight excluding hydrogens is 572 g/mol. The van der Waals surface area contributed by atoms with Gasteiger partial charge in [0.2, 0.25) is 0 Å². The monoisotopic (exact) mass is 651 g/mol. The average molecular weight is 651 g/mol. The first kappa shape index (κ1) is 38.7. The molecule has 47 heavy (non-hydrogen) atoms. The maximum absolute atomic E-state index is 12.8. The number of esters is 1. The Labute approximate surface area is 293 Å². The summed E-state index contributed by atoms with van der Waals surface area (Å²) in [5, 5.41) is 0. The van der Waals surface area contributed by atoms with Gasteiger partial charge in [0, 0.05) is 12.8 Å². The molecule has 2 nitrogen and oxygen atoms in total. The number of carbonyl (C=O) groups excluding carboxylic acids is 1. The lowest BCUT2D eigenvalue weighted by Gasteiger charge is -2.58. The molecule has 270 valence electrons. The lowest BCUT2D eigenvalue weighted by Crippen LogP contribution is -2.51. The second kappa shape index (κ2) is 19.4. The normalized spacial score (nSPS) is 32.6. The Morgan fingerprint density at radius 3 is 2.19 bits per heavy atom. The van der Waals surface area contributed by atoms with Gasteiger partial charge in [0.25, 0.3) is 0 Å². The highest BCUT2D eigenvalue weighted by atomic mass is 16.5. The smallest absolute Gasteiger partial charge is 0.306 e. The molecule has 0 aromatic carbocycles. The van der Waals surface area contributed by atoms with E-state index >= 15 is 0 Å². The van der Waals surface area contributed by atoms with Crippen molar-refractivity contribution in [2.45, 2.75) is 208 Å². The minimum atomic E-state index is 0.0577. The number of unbranched alkanes of at least 4 members (excludes halogenated alkanes) is 11. The van der Waals surface area contributed by atoms with Gasteiger partial charge in [-0.2, -0.15) is 0 Å². The van der Waals surface area contributed by atoms with Crippen molar-refractivity contribution in [3.05, 3.63) is 23.8 Å². The van der Waals surface area contributed by atoms with Crippen molar-refractivity contribution in [2.75, 3.05) is 0 Å². The summed E-state index contributed by atoms with van der Waals surface area (Å²) in [5.74, 6) is 5.32. The molecule has 4 rings (SSSR count). The van der Waals surface area contributed by atoms with Crippen molar-refractivity contribution < 1.29 is 9.53 Å². The molecule has 0 radical (unpaired) electrons. The number of fused-ring (bicyclic) bond motifs is 5. The first-order chi connectivity index (χ1) is 22.7. The van der Waals surface area contributed by atoms with Crippen molar-refractivity contribution in [2.24, 2.45) is 46.3 Å². The van der Waals surface area contributed by atoms with Gasteiger partial charge in [0.05, 0.1) is 0 Å². The zero-order valence-corrected chi connectivity index (χ0v) is 32.3. The summed E-state index contributed by atoms with van der Waals surface area (Å²) in [4.78, 5) is 12.8. The Balaban J connectivity index is 1.11. The van der Waals surface area contributed by atoms with Crippen LogP contribution in [-0.2, 0) is 9.53 Å². The minimum absolute atomic E-state index is 0.0577. The Morgan fingerprint density at radius 2 is 1.49 bits per heavy atom. The van der Waals surface area contributed by atoms with Crippen LogP contribution in [-0.4, -0.2) is 12.1 Å². The summed E-state index contributed by atoms with van der Waals surface area (Å²) >= 11 is 0. The van der Waals surface area contributed by atoms with E-state index in [0.29, 0.717) is 17.3 Å². The zero-order valence-electron chi connectivity index (χ0n) is 32.3. The van der Waals surface area contributed by atoms with Crippen molar-refractivity contribution in [1.82, 2.24) is 0 Å². The third-order valence-electron chi connectivity index (χ3n) is 14.2. The topological polar surface area (TPSA) is 26.3 Å². The number of allylic oxidation sites excluding steroid dienone is 3. The lowest BCUT2D eigenvalue weighted by atomic mass is 9.47. The molecule has 0 aromatic rings. The van der Waals surface area contributed by atoms with Gasteiger partial charge >= 0.3 is 5.97 Å². The van der Waals surface area contributed by atoms with Crippen LogP contribution in [0.1, 0.15) is 202 Å². The molecule has 0 saturated heterocycles. The fourth-order valence-corrected chi connectivity index (χ4v) is 11.3. The molecule has 4 aliphatic carbocycles. The maximum Gasteiger partial charge on any atom is 0.306 e. The molecule has 0 heterocycles. The molecule has 0 bridgehead atoms. The van der Waals surface area contributed by atoms with Crippen LogP contribution in [0, 0.1) is 46.3 Å². The van der Waals surface area contributed by atoms with E-state index in [-0.39, 0.29) is 12.1 Å². The van der Waals surface area contributed by atoms with E-state index in [4.69, 9.17) is 4.74 Å². The van der Waals surface area contributed by atoms with Crippen LogP contribution < -0.4 is 0 Å². The van der Waals surface area contributed by atoms with Gasteiger partial charge in [-0.1, -0.05) is 136 Å². The summed E-state index contributed by atoms with van der Waals surface area (Å²) in [6.45, 7) is 14.9. The highest BCUT2D eigenvalue weighted by Gasteiger charge is 2.59. The van der Waals surface area contributed by atoms with Crippen LogP contribution in [0.3, 0.4) is 0 Å². The molecule has 0 aliphatic heterocycles. The third-order valence-corrected chi connectivity index (χ3v) is 14.2. The van der Waals surface area contributed by atoms with Crippen molar-refractivity contribution >= 4 is 5.97 Å². The second-order valence-electron chi connectivity index (χ2n) is 18.0. The average Bonchev–Trinajstić information content (AvgIpc) is 3.40. The highest BCUT2D eigenvalue weighted by molar-refractivity contribution is 5.69. The predicted octanol–water partition coefficient (Wildman–Crippen LogP) is 14.0. The number of hydrogen-bond acceptors (Lipinski definition) is 2. The summed E-state index contributed by atoms with van der Waals surface area (Å²) in [6.07, 6.45) is 39.4. The summed E-state index contributed by atoms with van der Waals surface area (Å²) in [6, 6.07) is 0. The van der Waals surface area contributed by atoms with Gasteiger partial charge in [-0.15, -0.1) is 0 Å². The van der Waals surface area contributed by atoms with Crippen LogP contribution in [0.25, 0.3) is 0 Å². The quantitative estimate of drug-likeness (QED) is 0.0702. The van der Waals surface area contributed by atoms with E-state index in [9.17, 15) is 4.79 Å². The standard InChI is InChI=1S/C45H78O2/c1-7-8-9-10-11-12-13-14-15-16-17-18-19-20-21-25-43(46)47-38-30-32-44(5)37(34-38)26-27-39-41-29-28-40(36(4)24-22-23-35(2)3)45(41,6)33-31-42(39)44/h12-13,26,35-36,38-42H,7-11,14-25,27-34H2,1-6H3/b13-12-/t36-,38+,39+,40?,41+,42+,44+,45-/m1/s1. The molecular formula is C45H78O2. The molecule has 8 atom stereocenters. The fraction of sp³-hybridized carbons (Fsp3) is 0.889. The van der Waals surface area contributed by atoms with E-state index in [1.807, 2.05) is 0 Å². The molecule has 4 aliphatic rings. The van der Waals surface area contributed by atoms with Gasteiger partial charge in [-0.05, 0) is 123 Å². The first-order valence-electron chi connectivity index (χ1n) is 21.2. The molecule has 1 unspecified atom stereocenters. The van der Waals surface area contributed by atoms with Crippen molar-refractivity contribution in [1.29, 1.82) is 0 Å². The fourth-order valence-electron chi connectivity index (χ4n) is 11.3. The Hall–Kier alpha value is -1.05. The van der Waals surface area contributed by atoms with E-state index in [1.54, 1.807) is 5.57 Å². The number of hydrogen-bond donors (Lipinski definition) is 0. The summed E-state index contributed by atoms with van der Waals surface area (Å²) in [5.41, 5.74) is 2.53. The van der Waals surface area contributed by atoms with Crippen molar-refractivity contribution in [3.8, 4) is 0 Å². The minimum Gasteiger partial charge on any atom is -0.462 e. The number of rotatable bonds is 21. The first-order valence-corrected chi connectivity index (χ1v) is 21.2. The van der Waals surface area contributed by atoms with E-state index in [2.05, 4.69) is 59.8 Å². The lowest BCUT2D eigenvalue weighted by molar-refractivity contribution is -0.151. The third kappa shape index (κ3) is 10.7. The Morgan fingerprint density at radius 1 is 0.809 bits per heavy atom. The van der Waals surface area contributed by atoms with E-state index in [1.165, 1.54) is 135 Å². The molecule has 3 saturated carbocycles. The van der Waals surface area contributed by atoms with Gasteiger partial charge in [-0.25, -0.2) is 0 Å². The Bertz CT molecular complexity index is 976. The van der Waals surface area contributed by atoms with Crippen molar-refractivity contribution in [3.63, 3.8) is 0 Å². The van der Waals surface area contributed by atoms with Crippen LogP contribution in [0.4, 0.5) is 0 Å². The van der Waals surface area contributed by atoms with Crippen LogP contribution in [0.2, 0.25) is 0 Å². The largest absolute Gasteiger partial charge is 0.462 e. The summed E-state index contributed by atoms with van der Waals surface area (Å²) < 4.78 is 6.13.